The Kier molecular flexibility index (Phi) is 5.63. The van der Waals surface area contributed by atoms with Crippen LogP contribution >= 0.6 is 11.3 Å². The Hall–Kier alpha value is -1.92. The fourth-order valence-corrected chi connectivity index (χ4v) is 4.40. The lowest BCUT2D eigenvalue weighted by Gasteiger charge is -2.37. The number of amides is 1. The highest BCUT2D eigenvalue weighted by atomic mass is 32.1. The molecule has 0 saturated carbocycles. The number of thiophene rings is 1. The average molecular weight is 376 g/mol. The summed E-state index contributed by atoms with van der Waals surface area (Å²) in [5.74, 6) is -0.528. The Balaban J connectivity index is 1.73. The number of ether oxygens (including phenoxy) is 1. The average Bonchev–Trinajstić information content (AvgIpc) is 2.95. The Morgan fingerprint density at radius 2 is 2.00 bits per heavy atom. The number of carbonyl (C=O) groups excluding carboxylic acids is 1. The maximum absolute atomic E-state index is 14.6. The molecule has 0 radical (unpaired) electrons. The van der Waals surface area contributed by atoms with Crippen molar-refractivity contribution in [1.29, 1.82) is 0 Å². The van der Waals surface area contributed by atoms with E-state index in [0.29, 0.717) is 29.3 Å². The number of hydrogen-bond acceptors (Lipinski definition) is 4. The number of carbonyl (C=O) groups is 1. The quantitative estimate of drug-likeness (QED) is 0.846. The van der Waals surface area contributed by atoms with Gasteiger partial charge in [0.2, 0.25) is 0 Å². The summed E-state index contributed by atoms with van der Waals surface area (Å²) in [6.07, 6.45) is 1.03. The summed E-state index contributed by atoms with van der Waals surface area (Å²) < 4.78 is 20.3. The van der Waals surface area contributed by atoms with Crippen molar-refractivity contribution >= 4 is 28.6 Å². The monoisotopic (exact) mass is 376 g/mol. The van der Waals surface area contributed by atoms with Crippen molar-refractivity contribution in [1.82, 2.24) is 0 Å². The number of nitrogens with zero attached hydrogens (tertiary/aromatic N) is 1. The summed E-state index contributed by atoms with van der Waals surface area (Å²) in [5, 5.41) is 2.80. The highest BCUT2D eigenvalue weighted by Gasteiger charge is 2.24. The molecule has 1 aromatic heterocycles. The molecule has 0 aliphatic carbocycles. The van der Waals surface area contributed by atoms with Crippen molar-refractivity contribution in [3.8, 4) is 0 Å². The van der Waals surface area contributed by atoms with Crippen molar-refractivity contribution in [2.45, 2.75) is 46.3 Å². The van der Waals surface area contributed by atoms with Crippen LogP contribution in [-0.4, -0.2) is 31.2 Å². The van der Waals surface area contributed by atoms with E-state index in [-0.39, 0.29) is 23.9 Å². The van der Waals surface area contributed by atoms with Crippen molar-refractivity contribution in [2.24, 2.45) is 0 Å². The highest BCUT2D eigenvalue weighted by molar-refractivity contribution is 7.14. The summed E-state index contributed by atoms with van der Waals surface area (Å²) in [7, 11) is 0. The third-order valence-corrected chi connectivity index (χ3v) is 5.91. The molecule has 0 spiro atoms. The van der Waals surface area contributed by atoms with E-state index in [4.69, 9.17) is 4.74 Å². The molecule has 1 aromatic carbocycles. The molecule has 26 heavy (non-hydrogen) atoms. The lowest BCUT2D eigenvalue weighted by atomic mass is 10.2. The molecule has 0 bridgehead atoms. The number of halogens is 1. The third-order valence-electron chi connectivity index (χ3n) is 4.53. The third kappa shape index (κ3) is 4.07. The smallest absolute Gasteiger partial charge is 0.265 e. The van der Waals surface area contributed by atoms with Crippen LogP contribution in [0.5, 0.6) is 0 Å². The maximum atomic E-state index is 14.6. The van der Waals surface area contributed by atoms with Gasteiger partial charge in [-0.15, -0.1) is 11.3 Å². The summed E-state index contributed by atoms with van der Waals surface area (Å²) in [5.41, 5.74) is 2.14. The van der Waals surface area contributed by atoms with E-state index < -0.39 is 0 Å². The second kappa shape index (κ2) is 7.76. The second-order valence-electron chi connectivity index (χ2n) is 6.85. The Labute approximate surface area is 158 Å². The minimum absolute atomic E-state index is 0.0624. The zero-order valence-corrected chi connectivity index (χ0v) is 16.5. The van der Waals surface area contributed by atoms with Crippen LogP contribution < -0.4 is 10.2 Å². The first-order valence-corrected chi connectivity index (χ1v) is 9.79. The van der Waals surface area contributed by atoms with Crippen LogP contribution in [0.4, 0.5) is 15.8 Å². The van der Waals surface area contributed by atoms with Crippen LogP contribution in [0, 0.1) is 12.7 Å². The summed E-state index contributed by atoms with van der Waals surface area (Å²) >= 11 is 1.49. The number of anilines is 2. The van der Waals surface area contributed by atoms with Gasteiger partial charge in [0.15, 0.2) is 0 Å². The molecule has 1 saturated heterocycles. The molecule has 2 aromatic rings. The van der Waals surface area contributed by atoms with Gasteiger partial charge in [-0.3, -0.25) is 4.79 Å². The van der Waals surface area contributed by atoms with Gasteiger partial charge < -0.3 is 15.0 Å². The molecule has 1 fully saturated rings. The Bertz CT molecular complexity index is 795. The van der Waals surface area contributed by atoms with Gasteiger partial charge in [-0.25, -0.2) is 4.39 Å². The predicted molar refractivity (Wildman–Crippen MR) is 105 cm³/mol. The topological polar surface area (TPSA) is 41.6 Å². The largest absolute Gasteiger partial charge is 0.372 e. The minimum atomic E-state index is -0.333. The van der Waals surface area contributed by atoms with E-state index >= 15 is 0 Å². The number of rotatable bonds is 4. The summed E-state index contributed by atoms with van der Waals surface area (Å²) in [6.45, 7) is 9.36. The fourth-order valence-electron chi connectivity index (χ4n) is 3.39. The van der Waals surface area contributed by atoms with E-state index in [2.05, 4.69) is 12.2 Å². The molecule has 6 heteroatoms. The van der Waals surface area contributed by atoms with Crippen LogP contribution in [-0.2, 0) is 11.2 Å². The molecule has 140 valence electrons. The standard InChI is InChI=1S/C20H25FN2O2S/c1-5-18-12(2)8-19(26-18)20(24)22-15-6-7-17(16(21)9-15)23-10-13(3)25-14(4)11-23/h6-9,13-14H,5,10-11H2,1-4H3,(H,22,24). The van der Waals surface area contributed by atoms with Crippen molar-refractivity contribution in [2.75, 3.05) is 23.3 Å². The molecule has 4 nitrogen and oxygen atoms in total. The van der Waals surface area contributed by atoms with Gasteiger partial charge in [0.05, 0.1) is 22.8 Å². The highest BCUT2D eigenvalue weighted by Crippen LogP contribution is 2.27. The number of aryl methyl sites for hydroxylation is 2. The van der Waals surface area contributed by atoms with Crippen LogP contribution in [0.25, 0.3) is 0 Å². The Morgan fingerprint density at radius 1 is 1.31 bits per heavy atom. The molecule has 2 heterocycles. The molecule has 2 atom stereocenters. The van der Waals surface area contributed by atoms with E-state index in [9.17, 15) is 9.18 Å². The second-order valence-corrected chi connectivity index (χ2v) is 7.99. The SMILES string of the molecule is CCc1sc(C(=O)Nc2ccc(N3CC(C)OC(C)C3)c(F)c2)cc1C. The first kappa shape index (κ1) is 18.9. The molecule has 1 aliphatic heterocycles. The van der Waals surface area contributed by atoms with Gasteiger partial charge in [0.1, 0.15) is 5.82 Å². The number of morpholine rings is 1. The van der Waals surface area contributed by atoms with E-state index in [1.54, 1.807) is 12.1 Å². The van der Waals surface area contributed by atoms with Gasteiger partial charge in [0, 0.05) is 23.7 Å². The zero-order chi connectivity index (χ0) is 18.8. The number of nitrogens with one attached hydrogen (secondary N) is 1. The molecule has 3 rings (SSSR count). The molecule has 2 unspecified atom stereocenters. The molecule has 1 amide bonds. The van der Waals surface area contributed by atoms with Gasteiger partial charge >= 0.3 is 0 Å². The van der Waals surface area contributed by atoms with E-state index in [1.807, 2.05) is 31.7 Å². The first-order chi connectivity index (χ1) is 12.4. The minimum Gasteiger partial charge on any atom is -0.372 e. The number of benzene rings is 1. The normalized spacial score (nSPS) is 20.3. The van der Waals surface area contributed by atoms with Gasteiger partial charge in [-0.2, -0.15) is 0 Å². The van der Waals surface area contributed by atoms with Gasteiger partial charge in [0.25, 0.3) is 5.91 Å². The molecular formula is C20H25FN2O2S. The van der Waals surface area contributed by atoms with E-state index in [1.165, 1.54) is 22.3 Å². The fraction of sp³-hybridized carbons (Fsp3) is 0.450. The molecule has 1 aliphatic rings. The lowest BCUT2D eigenvalue weighted by molar-refractivity contribution is -0.00539. The predicted octanol–water partition coefficient (Wildman–Crippen LogP) is 4.62. The summed E-state index contributed by atoms with van der Waals surface area (Å²) in [4.78, 5) is 16.3. The number of hydrogen-bond donors (Lipinski definition) is 1. The van der Waals surface area contributed by atoms with Gasteiger partial charge in [-0.05, 0) is 57.0 Å². The van der Waals surface area contributed by atoms with Gasteiger partial charge in [-0.1, -0.05) is 6.92 Å². The maximum Gasteiger partial charge on any atom is 0.265 e. The first-order valence-electron chi connectivity index (χ1n) is 8.98. The van der Waals surface area contributed by atoms with Crippen LogP contribution in [0.3, 0.4) is 0 Å². The van der Waals surface area contributed by atoms with Crippen molar-refractivity contribution in [3.05, 3.63) is 45.4 Å². The van der Waals surface area contributed by atoms with Crippen LogP contribution in [0.1, 0.15) is 40.9 Å². The van der Waals surface area contributed by atoms with Crippen molar-refractivity contribution < 1.29 is 13.9 Å². The van der Waals surface area contributed by atoms with Crippen LogP contribution in [0.2, 0.25) is 0 Å². The summed E-state index contributed by atoms with van der Waals surface area (Å²) in [6, 6.07) is 6.76. The molecular weight excluding hydrogens is 351 g/mol. The van der Waals surface area contributed by atoms with Crippen LogP contribution in [0.15, 0.2) is 24.3 Å². The lowest BCUT2D eigenvalue weighted by Crippen LogP contribution is -2.45. The van der Waals surface area contributed by atoms with Crippen molar-refractivity contribution in [3.63, 3.8) is 0 Å². The zero-order valence-electron chi connectivity index (χ0n) is 15.6. The Morgan fingerprint density at radius 3 is 2.58 bits per heavy atom. The molecule has 1 N–H and O–H groups in total. The van der Waals surface area contributed by atoms with E-state index in [0.717, 1.165) is 12.0 Å².